The molecule has 0 aliphatic carbocycles. The second kappa shape index (κ2) is 9.23. The Morgan fingerprint density at radius 3 is 2.73 bits per heavy atom. The molecule has 2 aliphatic heterocycles. The summed E-state index contributed by atoms with van der Waals surface area (Å²) in [7, 11) is 0. The highest BCUT2D eigenvalue weighted by atomic mass is 16.5. The molecule has 4 rings (SSSR count). The van der Waals surface area contributed by atoms with Gasteiger partial charge >= 0.3 is 11.8 Å². The zero-order valence-corrected chi connectivity index (χ0v) is 18.9. The minimum Gasteiger partial charge on any atom is -0.493 e. The first kappa shape index (κ1) is 22.8. The van der Waals surface area contributed by atoms with Crippen LogP contribution in [0.3, 0.4) is 0 Å². The summed E-state index contributed by atoms with van der Waals surface area (Å²) in [5.74, 6) is -1.22. The normalized spacial score (nSPS) is 19.2. The number of aliphatic hydroxyl groups is 1. The van der Waals surface area contributed by atoms with Crippen molar-refractivity contribution in [2.75, 3.05) is 29.9 Å². The standard InChI is InChI=1S/C25H29N3O5/c1-16(2)24(31)28-12-5-6-17-9-10-18(14-20(17)28)27-23(30)22(29)26-15-25(32)11-13-33-21-8-4-3-7-19(21)25/h3-4,7-10,14,16,32H,5-6,11-13,15H2,1-2H3,(H,26,29)(H,27,30). The van der Waals surface area contributed by atoms with Crippen LogP contribution in [0.25, 0.3) is 0 Å². The average Bonchev–Trinajstić information content (AvgIpc) is 2.82. The first-order valence-corrected chi connectivity index (χ1v) is 11.3. The number of hydrogen-bond acceptors (Lipinski definition) is 5. The molecule has 0 saturated carbocycles. The van der Waals surface area contributed by atoms with E-state index in [2.05, 4.69) is 10.6 Å². The maximum atomic E-state index is 12.6. The Morgan fingerprint density at radius 2 is 1.94 bits per heavy atom. The molecule has 33 heavy (non-hydrogen) atoms. The van der Waals surface area contributed by atoms with Crippen LogP contribution in [0.4, 0.5) is 11.4 Å². The molecule has 0 aromatic heterocycles. The van der Waals surface area contributed by atoms with Crippen LogP contribution in [0, 0.1) is 5.92 Å². The van der Waals surface area contributed by atoms with Gasteiger partial charge in [0.05, 0.1) is 13.2 Å². The van der Waals surface area contributed by atoms with Gasteiger partial charge in [-0.25, -0.2) is 0 Å². The van der Waals surface area contributed by atoms with Gasteiger partial charge in [-0.15, -0.1) is 0 Å². The third kappa shape index (κ3) is 4.71. The summed E-state index contributed by atoms with van der Waals surface area (Å²) in [6.45, 7) is 4.55. The Morgan fingerprint density at radius 1 is 1.15 bits per heavy atom. The second-order valence-electron chi connectivity index (χ2n) is 8.85. The number of rotatable bonds is 4. The van der Waals surface area contributed by atoms with Crippen molar-refractivity contribution in [3.05, 3.63) is 53.6 Å². The van der Waals surface area contributed by atoms with Crippen molar-refractivity contribution in [1.82, 2.24) is 5.32 Å². The topological polar surface area (TPSA) is 108 Å². The molecule has 3 N–H and O–H groups in total. The number of aryl methyl sites for hydroxylation is 1. The molecule has 8 heteroatoms. The van der Waals surface area contributed by atoms with Gasteiger partial charge in [0.1, 0.15) is 11.4 Å². The molecule has 0 fully saturated rings. The minimum atomic E-state index is -1.31. The summed E-state index contributed by atoms with van der Waals surface area (Å²) in [5, 5.41) is 16.2. The van der Waals surface area contributed by atoms with E-state index in [1.54, 1.807) is 35.2 Å². The highest BCUT2D eigenvalue weighted by Crippen LogP contribution is 2.36. The van der Waals surface area contributed by atoms with Gasteiger partial charge in [0.25, 0.3) is 0 Å². The molecular weight excluding hydrogens is 422 g/mol. The van der Waals surface area contributed by atoms with Crippen LogP contribution in [0.1, 0.15) is 37.8 Å². The number of para-hydroxylation sites is 1. The Balaban J connectivity index is 1.42. The minimum absolute atomic E-state index is 0.0298. The van der Waals surface area contributed by atoms with E-state index in [0.717, 1.165) is 24.1 Å². The van der Waals surface area contributed by atoms with Crippen molar-refractivity contribution >= 4 is 29.1 Å². The van der Waals surface area contributed by atoms with Gasteiger partial charge < -0.3 is 25.4 Å². The van der Waals surface area contributed by atoms with Gasteiger partial charge in [0.2, 0.25) is 5.91 Å². The number of hydrogen-bond donors (Lipinski definition) is 3. The van der Waals surface area contributed by atoms with Gasteiger partial charge in [-0.2, -0.15) is 0 Å². The Hall–Kier alpha value is -3.39. The van der Waals surface area contributed by atoms with Crippen LogP contribution in [0.5, 0.6) is 5.75 Å². The maximum absolute atomic E-state index is 12.6. The van der Waals surface area contributed by atoms with E-state index in [1.165, 1.54) is 0 Å². The number of nitrogens with zero attached hydrogens (tertiary/aromatic N) is 1. The molecular formula is C25H29N3O5. The molecule has 2 aromatic carbocycles. The lowest BCUT2D eigenvalue weighted by atomic mass is 9.88. The van der Waals surface area contributed by atoms with Crippen LogP contribution in [0.2, 0.25) is 0 Å². The molecule has 1 unspecified atom stereocenters. The van der Waals surface area contributed by atoms with Crippen LogP contribution >= 0.6 is 0 Å². The highest BCUT2D eigenvalue weighted by molar-refractivity contribution is 6.39. The van der Waals surface area contributed by atoms with E-state index >= 15 is 0 Å². The number of amides is 3. The number of ether oxygens (including phenoxy) is 1. The Labute approximate surface area is 192 Å². The number of carbonyl (C=O) groups is 3. The van der Waals surface area contributed by atoms with Crippen LogP contribution in [0.15, 0.2) is 42.5 Å². The van der Waals surface area contributed by atoms with Crippen molar-refractivity contribution < 1.29 is 24.2 Å². The Kier molecular flexibility index (Phi) is 6.37. The first-order chi connectivity index (χ1) is 15.8. The molecule has 3 amide bonds. The molecule has 8 nitrogen and oxygen atoms in total. The third-order valence-corrected chi connectivity index (χ3v) is 6.13. The molecule has 0 bridgehead atoms. The van der Waals surface area contributed by atoms with Gasteiger partial charge in [0, 0.05) is 35.8 Å². The predicted molar refractivity (Wildman–Crippen MR) is 124 cm³/mol. The summed E-state index contributed by atoms with van der Waals surface area (Å²) in [5.41, 5.74) is 1.52. The van der Waals surface area contributed by atoms with Crippen molar-refractivity contribution in [1.29, 1.82) is 0 Å². The fourth-order valence-electron chi connectivity index (χ4n) is 4.31. The SMILES string of the molecule is CC(C)C(=O)N1CCCc2ccc(NC(=O)C(=O)NCC3(O)CCOc4ccccc43)cc21. The average molecular weight is 452 g/mol. The maximum Gasteiger partial charge on any atom is 0.313 e. The number of anilines is 2. The second-order valence-corrected chi connectivity index (χ2v) is 8.85. The van der Waals surface area contributed by atoms with E-state index in [-0.39, 0.29) is 18.4 Å². The summed E-state index contributed by atoms with van der Waals surface area (Å²) in [4.78, 5) is 39.3. The molecule has 2 aromatic rings. The summed E-state index contributed by atoms with van der Waals surface area (Å²) in [6, 6.07) is 12.5. The van der Waals surface area contributed by atoms with E-state index in [1.807, 2.05) is 26.0 Å². The predicted octanol–water partition coefficient (Wildman–Crippen LogP) is 2.35. The fraction of sp³-hybridized carbons (Fsp3) is 0.400. The fourth-order valence-corrected chi connectivity index (χ4v) is 4.31. The van der Waals surface area contributed by atoms with Crippen molar-refractivity contribution in [2.45, 2.75) is 38.7 Å². The smallest absolute Gasteiger partial charge is 0.313 e. The van der Waals surface area contributed by atoms with Crippen LogP contribution in [-0.2, 0) is 26.4 Å². The number of benzene rings is 2. The van der Waals surface area contributed by atoms with Gasteiger partial charge in [-0.1, -0.05) is 38.1 Å². The molecule has 174 valence electrons. The van der Waals surface area contributed by atoms with Crippen molar-refractivity contribution in [2.24, 2.45) is 5.92 Å². The largest absolute Gasteiger partial charge is 0.493 e. The number of fused-ring (bicyclic) bond motifs is 2. The summed E-state index contributed by atoms with van der Waals surface area (Å²) in [6.07, 6.45) is 2.04. The van der Waals surface area contributed by atoms with E-state index in [4.69, 9.17) is 4.74 Å². The lowest BCUT2D eigenvalue weighted by Gasteiger charge is -2.34. The van der Waals surface area contributed by atoms with Gasteiger partial charge in [-0.3, -0.25) is 14.4 Å². The zero-order chi connectivity index (χ0) is 23.6. The quantitative estimate of drug-likeness (QED) is 0.619. The van der Waals surface area contributed by atoms with Crippen LogP contribution < -0.4 is 20.3 Å². The van der Waals surface area contributed by atoms with E-state index < -0.39 is 17.4 Å². The molecule has 1 atom stereocenters. The third-order valence-electron chi connectivity index (χ3n) is 6.13. The molecule has 0 saturated heterocycles. The lowest BCUT2D eigenvalue weighted by molar-refractivity contribution is -0.137. The van der Waals surface area contributed by atoms with Crippen molar-refractivity contribution in [3.63, 3.8) is 0 Å². The zero-order valence-electron chi connectivity index (χ0n) is 18.9. The first-order valence-electron chi connectivity index (χ1n) is 11.3. The van der Waals surface area contributed by atoms with Gasteiger partial charge in [-0.05, 0) is 36.6 Å². The molecule has 2 heterocycles. The van der Waals surface area contributed by atoms with E-state index in [9.17, 15) is 19.5 Å². The highest BCUT2D eigenvalue weighted by Gasteiger charge is 2.36. The molecule has 0 radical (unpaired) electrons. The monoisotopic (exact) mass is 451 g/mol. The van der Waals surface area contributed by atoms with Crippen LogP contribution in [-0.4, -0.2) is 42.5 Å². The van der Waals surface area contributed by atoms with Gasteiger partial charge in [0.15, 0.2) is 0 Å². The molecule has 0 spiro atoms. The lowest BCUT2D eigenvalue weighted by Crippen LogP contribution is -2.46. The van der Waals surface area contributed by atoms with Crippen molar-refractivity contribution in [3.8, 4) is 5.75 Å². The summed E-state index contributed by atoms with van der Waals surface area (Å²) >= 11 is 0. The van der Waals surface area contributed by atoms with E-state index in [0.29, 0.717) is 36.6 Å². The molecule has 2 aliphatic rings. The Bertz CT molecular complexity index is 1080. The number of carbonyl (C=O) groups excluding carboxylic acids is 3. The summed E-state index contributed by atoms with van der Waals surface area (Å²) < 4.78 is 5.56. The number of nitrogens with one attached hydrogen (secondary N) is 2.